The quantitative estimate of drug-likeness (QED) is 0.568. The lowest BCUT2D eigenvalue weighted by Gasteiger charge is -2.26. The lowest BCUT2D eigenvalue weighted by Crippen LogP contribution is -2.41. The van der Waals surface area contributed by atoms with Crippen molar-refractivity contribution in [3.05, 3.63) is 0 Å². The molecule has 1 aliphatic heterocycles. The maximum absolute atomic E-state index is 5.36. The van der Waals surface area contributed by atoms with E-state index in [1.54, 1.807) is 0 Å². The number of terminal acetylenes is 1. The Labute approximate surface area is 73.6 Å². The number of nitrogens with zero attached hydrogens (tertiary/aromatic N) is 1. The van der Waals surface area contributed by atoms with E-state index in [-0.39, 0.29) is 0 Å². The van der Waals surface area contributed by atoms with Crippen LogP contribution in [0.4, 0.5) is 0 Å². The van der Waals surface area contributed by atoms with E-state index < -0.39 is 5.79 Å². The molecule has 1 saturated heterocycles. The van der Waals surface area contributed by atoms with Crippen molar-refractivity contribution in [3.8, 4) is 12.3 Å². The summed E-state index contributed by atoms with van der Waals surface area (Å²) in [5, 5.41) is 0. The third-order valence-electron chi connectivity index (χ3n) is 1.99. The summed E-state index contributed by atoms with van der Waals surface area (Å²) in [5.41, 5.74) is 0. The molecule has 0 unspecified atom stereocenters. The Hall–Kier alpha value is -0.560. The number of rotatable bonds is 3. The zero-order valence-corrected chi connectivity index (χ0v) is 7.67. The van der Waals surface area contributed by atoms with E-state index in [1.165, 1.54) is 0 Å². The number of ether oxygens (including phenoxy) is 2. The van der Waals surface area contributed by atoms with Crippen molar-refractivity contribution in [1.29, 1.82) is 0 Å². The fourth-order valence-electron chi connectivity index (χ4n) is 1.14. The third-order valence-corrected chi connectivity index (χ3v) is 1.99. The highest BCUT2D eigenvalue weighted by molar-refractivity contribution is 5.05. The van der Waals surface area contributed by atoms with Gasteiger partial charge in [0.2, 0.25) is 5.79 Å². The minimum Gasteiger partial charge on any atom is -0.336 e. The first-order chi connectivity index (χ1) is 5.72. The molecule has 1 heterocycles. The summed E-state index contributed by atoms with van der Waals surface area (Å²) in [6.45, 7) is 4.85. The largest absolute Gasteiger partial charge is 0.336 e. The van der Waals surface area contributed by atoms with Gasteiger partial charge in [0.15, 0.2) is 0 Å². The van der Waals surface area contributed by atoms with Gasteiger partial charge in [0.25, 0.3) is 0 Å². The monoisotopic (exact) mass is 169 g/mol. The molecule has 3 nitrogen and oxygen atoms in total. The lowest BCUT2D eigenvalue weighted by atomic mass is 10.3. The Kier molecular flexibility index (Phi) is 3.10. The van der Waals surface area contributed by atoms with E-state index in [1.807, 2.05) is 7.05 Å². The van der Waals surface area contributed by atoms with Crippen LogP contribution in [0.3, 0.4) is 0 Å². The Bertz CT molecular complexity index is 179. The summed E-state index contributed by atoms with van der Waals surface area (Å²) in [6, 6.07) is 0. The van der Waals surface area contributed by atoms with Gasteiger partial charge in [-0.3, -0.25) is 0 Å². The standard InChI is InChI=1S/C9H15NO2/c1-4-9(8-10(3)5-2)11-6-7-12-9/h1H,5-8H2,2-3H3. The molecule has 0 N–H and O–H groups in total. The molecule has 0 amide bonds. The maximum Gasteiger partial charge on any atom is 0.246 e. The van der Waals surface area contributed by atoms with Gasteiger partial charge < -0.3 is 14.4 Å². The molecule has 0 bridgehead atoms. The van der Waals surface area contributed by atoms with Crippen molar-refractivity contribution in [2.24, 2.45) is 0 Å². The third kappa shape index (κ3) is 1.98. The van der Waals surface area contributed by atoms with Crippen LogP contribution < -0.4 is 0 Å². The maximum atomic E-state index is 5.36. The molecule has 12 heavy (non-hydrogen) atoms. The first-order valence-corrected chi connectivity index (χ1v) is 4.16. The summed E-state index contributed by atoms with van der Waals surface area (Å²) in [5.74, 6) is 1.77. The molecule has 0 aromatic heterocycles. The molecule has 0 aromatic rings. The van der Waals surface area contributed by atoms with E-state index in [2.05, 4.69) is 17.7 Å². The molecule has 0 spiro atoms. The second kappa shape index (κ2) is 3.90. The summed E-state index contributed by atoms with van der Waals surface area (Å²) in [4.78, 5) is 2.07. The lowest BCUT2D eigenvalue weighted by molar-refractivity contribution is -0.120. The topological polar surface area (TPSA) is 21.7 Å². The highest BCUT2D eigenvalue weighted by Gasteiger charge is 2.35. The number of hydrogen-bond acceptors (Lipinski definition) is 3. The second-order valence-corrected chi connectivity index (χ2v) is 2.92. The van der Waals surface area contributed by atoms with Crippen LogP contribution in [0.5, 0.6) is 0 Å². The minimum atomic E-state index is -0.787. The van der Waals surface area contributed by atoms with Gasteiger partial charge >= 0.3 is 0 Å². The van der Waals surface area contributed by atoms with Gasteiger partial charge in [-0.2, -0.15) is 0 Å². The van der Waals surface area contributed by atoms with Crippen molar-refractivity contribution in [2.75, 3.05) is 33.4 Å². The first-order valence-electron chi connectivity index (χ1n) is 4.16. The summed E-state index contributed by atoms with van der Waals surface area (Å²) < 4.78 is 10.7. The van der Waals surface area contributed by atoms with Crippen LogP contribution in [0.25, 0.3) is 0 Å². The predicted octanol–water partition coefficient (Wildman–Crippen LogP) is 0.314. The van der Waals surface area contributed by atoms with E-state index >= 15 is 0 Å². The Morgan fingerprint density at radius 3 is 2.50 bits per heavy atom. The van der Waals surface area contributed by atoms with Crippen molar-refractivity contribution in [1.82, 2.24) is 4.90 Å². The van der Waals surface area contributed by atoms with E-state index in [0.717, 1.165) is 6.54 Å². The van der Waals surface area contributed by atoms with Crippen molar-refractivity contribution < 1.29 is 9.47 Å². The fraction of sp³-hybridized carbons (Fsp3) is 0.778. The summed E-state index contributed by atoms with van der Waals surface area (Å²) in [6.07, 6.45) is 5.35. The molecule has 1 rings (SSSR count). The molecule has 68 valence electrons. The molecule has 1 aliphatic rings. The van der Waals surface area contributed by atoms with Gasteiger partial charge in [-0.25, -0.2) is 0 Å². The molecule has 1 fully saturated rings. The molecule has 0 atom stereocenters. The predicted molar refractivity (Wildman–Crippen MR) is 46.6 cm³/mol. The second-order valence-electron chi connectivity index (χ2n) is 2.92. The van der Waals surface area contributed by atoms with Crippen LogP contribution in [0.15, 0.2) is 0 Å². The Balaban J connectivity index is 2.51. The van der Waals surface area contributed by atoms with Gasteiger partial charge in [-0.15, -0.1) is 6.42 Å². The van der Waals surface area contributed by atoms with Crippen LogP contribution in [0, 0.1) is 12.3 Å². The van der Waals surface area contributed by atoms with Gasteiger partial charge in [-0.1, -0.05) is 6.92 Å². The minimum absolute atomic E-state index is 0.599. The summed E-state index contributed by atoms with van der Waals surface area (Å²) in [7, 11) is 1.99. The summed E-state index contributed by atoms with van der Waals surface area (Å²) >= 11 is 0. The molecule has 0 radical (unpaired) electrons. The zero-order valence-electron chi connectivity index (χ0n) is 7.67. The molecule has 0 aliphatic carbocycles. The fourth-order valence-corrected chi connectivity index (χ4v) is 1.14. The Morgan fingerprint density at radius 1 is 1.50 bits per heavy atom. The molecule has 3 heteroatoms. The highest BCUT2D eigenvalue weighted by Crippen LogP contribution is 2.18. The average molecular weight is 169 g/mol. The SMILES string of the molecule is C#CC1(CN(C)CC)OCCO1. The first kappa shape index (κ1) is 9.53. The van der Waals surface area contributed by atoms with Gasteiger partial charge in [0.05, 0.1) is 19.8 Å². The van der Waals surface area contributed by atoms with E-state index in [4.69, 9.17) is 15.9 Å². The van der Waals surface area contributed by atoms with Crippen molar-refractivity contribution in [3.63, 3.8) is 0 Å². The van der Waals surface area contributed by atoms with Crippen LogP contribution in [0.1, 0.15) is 6.92 Å². The van der Waals surface area contributed by atoms with Crippen molar-refractivity contribution >= 4 is 0 Å². The molecular formula is C9H15NO2. The van der Waals surface area contributed by atoms with Crippen LogP contribution in [0.2, 0.25) is 0 Å². The molecular weight excluding hydrogens is 154 g/mol. The smallest absolute Gasteiger partial charge is 0.246 e. The number of likely N-dealkylation sites (N-methyl/N-ethyl adjacent to an activating group) is 1. The van der Waals surface area contributed by atoms with Crippen LogP contribution in [-0.4, -0.2) is 44.0 Å². The van der Waals surface area contributed by atoms with E-state index in [9.17, 15) is 0 Å². The normalized spacial score (nSPS) is 21.2. The average Bonchev–Trinajstić information content (AvgIpc) is 2.54. The van der Waals surface area contributed by atoms with Gasteiger partial charge in [0.1, 0.15) is 0 Å². The zero-order chi connectivity index (χ0) is 9.03. The van der Waals surface area contributed by atoms with Crippen LogP contribution in [-0.2, 0) is 9.47 Å². The van der Waals surface area contributed by atoms with Gasteiger partial charge in [0, 0.05) is 0 Å². The van der Waals surface area contributed by atoms with Crippen LogP contribution >= 0.6 is 0 Å². The highest BCUT2D eigenvalue weighted by atomic mass is 16.7. The van der Waals surface area contributed by atoms with Crippen molar-refractivity contribution in [2.45, 2.75) is 12.7 Å². The Morgan fingerprint density at radius 2 is 2.08 bits per heavy atom. The molecule has 0 aromatic carbocycles. The number of hydrogen-bond donors (Lipinski definition) is 0. The van der Waals surface area contributed by atoms with Gasteiger partial charge in [-0.05, 0) is 19.5 Å². The molecule has 0 saturated carbocycles. The van der Waals surface area contributed by atoms with E-state index in [0.29, 0.717) is 19.8 Å².